The fourth-order valence-electron chi connectivity index (χ4n) is 5.62. The number of aryl methyl sites for hydroxylation is 1. The van der Waals surface area contributed by atoms with E-state index in [4.69, 9.17) is 0 Å². The van der Waals surface area contributed by atoms with Crippen molar-refractivity contribution in [2.24, 2.45) is 7.05 Å². The number of halogens is 1. The van der Waals surface area contributed by atoms with Gasteiger partial charge in [-0.25, -0.2) is 9.37 Å². The Labute approximate surface area is 254 Å². The van der Waals surface area contributed by atoms with Crippen LogP contribution in [-0.2, 0) is 7.05 Å². The number of likely N-dealkylation sites (N-methyl/N-ethyl adjacent to an activating group) is 1. The topological polar surface area (TPSA) is 88.3 Å². The molecule has 1 fully saturated rings. The van der Waals surface area contributed by atoms with Crippen LogP contribution in [0.1, 0.15) is 18.1 Å². The van der Waals surface area contributed by atoms with Crippen LogP contribution in [0.4, 0.5) is 21.6 Å². The number of fused-ring (bicyclic) bond motifs is 1. The van der Waals surface area contributed by atoms with Gasteiger partial charge in [-0.15, -0.1) is 0 Å². The molecule has 1 aliphatic heterocycles. The molecule has 1 N–H and O–H groups in total. The molecule has 4 heterocycles. The van der Waals surface area contributed by atoms with Crippen molar-refractivity contribution >= 4 is 33.5 Å². The average molecular weight is 592 g/mol. The van der Waals surface area contributed by atoms with Gasteiger partial charge in [-0.05, 0) is 74.0 Å². The van der Waals surface area contributed by atoms with Gasteiger partial charge in [0, 0.05) is 50.4 Å². The second-order valence-electron chi connectivity index (χ2n) is 11.4. The van der Waals surface area contributed by atoms with Crippen LogP contribution >= 0.6 is 0 Å². The number of pyridine rings is 2. The smallest absolute Gasteiger partial charge is 0.282 e. The number of piperazine rings is 1. The van der Waals surface area contributed by atoms with Gasteiger partial charge in [-0.3, -0.25) is 9.59 Å². The molecule has 6 rings (SSSR count). The Morgan fingerprint density at radius 1 is 0.977 bits per heavy atom. The molecule has 5 aromatic rings. The van der Waals surface area contributed by atoms with E-state index in [1.54, 1.807) is 38.4 Å². The van der Waals surface area contributed by atoms with Gasteiger partial charge < -0.3 is 19.7 Å². The van der Waals surface area contributed by atoms with Crippen LogP contribution < -0.4 is 21.3 Å². The molecule has 1 saturated heterocycles. The zero-order valence-electron chi connectivity index (χ0n) is 25.3. The summed E-state index contributed by atoms with van der Waals surface area (Å²) in [5.41, 5.74) is 4.79. The van der Waals surface area contributed by atoms with Crippen LogP contribution in [-0.4, -0.2) is 57.5 Å². The van der Waals surface area contributed by atoms with Gasteiger partial charge in [-0.1, -0.05) is 24.3 Å². The number of benzene rings is 2. The summed E-state index contributed by atoms with van der Waals surface area (Å²) in [5.74, 6) is -0.0549. The van der Waals surface area contributed by atoms with E-state index in [0.717, 1.165) is 48.6 Å². The van der Waals surface area contributed by atoms with E-state index >= 15 is 4.39 Å². The number of nitrogens with zero attached hydrogens (tertiary/aromatic N) is 6. The number of hydrogen-bond donors (Lipinski definition) is 1. The zero-order chi connectivity index (χ0) is 31.1. The van der Waals surface area contributed by atoms with Crippen LogP contribution in [0.15, 0.2) is 83.3 Å². The Bertz CT molecular complexity index is 2020. The molecule has 1 aliphatic rings. The van der Waals surface area contributed by atoms with Gasteiger partial charge >= 0.3 is 0 Å². The van der Waals surface area contributed by atoms with Crippen molar-refractivity contribution in [1.82, 2.24) is 24.2 Å². The molecule has 10 heteroatoms. The number of anilines is 3. The Morgan fingerprint density at radius 3 is 2.45 bits per heavy atom. The lowest BCUT2D eigenvalue weighted by Crippen LogP contribution is -2.44. The van der Waals surface area contributed by atoms with Gasteiger partial charge in [0.15, 0.2) is 0 Å². The summed E-state index contributed by atoms with van der Waals surface area (Å²) in [6.07, 6.45) is 5.07. The summed E-state index contributed by atoms with van der Waals surface area (Å²) in [4.78, 5) is 35.8. The largest absolute Gasteiger partial charge is 0.368 e. The van der Waals surface area contributed by atoms with E-state index in [-0.39, 0.29) is 10.9 Å². The summed E-state index contributed by atoms with van der Waals surface area (Å²) < 4.78 is 17.8. The van der Waals surface area contributed by atoms with Gasteiger partial charge in [0.1, 0.15) is 17.3 Å². The normalized spacial score (nSPS) is 13.8. The average Bonchev–Trinajstić information content (AvgIpc) is 3.00. The van der Waals surface area contributed by atoms with E-state index in [1.807, 2.05) is 37.4 Å². The maximum Gasteiger partial charge on any atom is 0.282 e. The minimum atomic E-state index is -0.616. The lowest BCUT2D eigenvalue weighted by atomic mass is 10.00. The van der Waals surface area contributed by atoms with Crippen molar-refractivity contribution in [3.8, 4) is 16.8 Å². The molecule has 0 aliphatic carbocycles. The molecule has 0 bridgehead atoms. The van der Waals surface area contributed by atoms with Crippen LogP contribution in [0.2, 0.25) is 0 Å². The first-order chi connectivity index (χ1) is 21.1. The van der Waals surface area contributed by atoms with Crippen LogP contribution in [0.3, 0.4) is 0 Å². The predicted molar refractivity (Wildman–Crippen MR) is 175 cm³/mol. The molecule has 0 radical (unpaired) electrons. The fourth-order valence-corrected chi connectivity index (χ4v) is 5.62. The molecule has 0 unspecified atom stereocenters. The van der Waals surface area contributed by atoms with Crippen molar-refractivity contribution in [2.45, 2.75) is 13.8 Å². The van der Waals surface area contributed by atoms with Gasteiger partial charge in [0.25, 0.3) is 11.1 Å². The first-order valence-corrected chi connectivity index (χ1v) is 14.5. The standard InChI is InChI=1S/C34H34FN7O2/c1-21(2)23-15-24-18-37-42(34(44)32(24)28(35)16-23)30-8-6-7-27(22(30)3)25-17-29(33(43)40(5)20-25)38-31-10-9-26(19-36-31)41-13-11-39(4)12-14-41/h6-10,15-20H,1,11-14H2,2-5H3,(H,36,38). The molecule has 224 valence electrons. The van der Waals surface area contributed by atoms with E-state index in [0.29, 0.717) is 33.7 Å². The molecular formula is C34H34FN7O2. The molecule has 0 amide bonds. The Kier molecular flexibility index (Phi) is 7.60. The molecule has 0 spiro atoms. The lowest BCUT2D eigenvalue weighted by molar-refractivity contribution is 0.313. The van der Waals surface area contributed by atoms with E-state index in [2.05, 4.69) is 38.8 Å². The molecule has 0 atom stereocenters. The number of rotatable bonds is 6. The highest BCUT2D eigenvalue weighted by Gasteiger charge is 2.18. The Morgan fingerprint density at radius 2 is 1.75 bits per heavy atom. The van der Waals surface area contributed by atoms with Crippen molar-refractivity contribution < 1.29 is 4.39 Å². The number of hydrogen-bond acceptors (Lipinski definition) is 7. The highest BCUT2D eigenvalue weighted by atomic mass is 19.1. The van der Waals surface area contributed by atoms with Crippen LogP contribution in [0, 0.1) is 12.7 Å². The summed E-state index contributed by atoms with van der Waals surface area (Å²) >= 11 is 0. The molecule has 2 aromatic carbocycles. The zero-order valence-corrected chi connectivity index (χ0v) is 25.3. The number of aromatic nitrogens is 4. The highest BCUT2D eigenvalue weighted by Crippen LogP contribution is 2.29. The van der Waals surface area contributed by atoms with Crippen LogP contribution in [0.5, 0.6) is 0 Å². The third-order valence-corrected chi connectivity index (χ3v) is 8.24. The van der Waals surface area contributed by atoms with Crippen molar-refractivity contribution in [1.29, 1.82) is 0 Å². The van der Waals surface area contributed by atoms with Crippen molar-refractivity contribution in [2.75, 3.05) is 43.4 Å². The minimum Gasteiger partial charge on any atom is -0.368 e. The summed E-state index contributed by atoms with van der Waals surface area (Å²) in [6, 6.07) is 14.2. The maximum absolute atomic E-state index is 15.1. The molecule has 9 nitrogen and oxygen atoms in total. The quantitative estimate of drug-likeness (QED) is 0.293. The number of nitrogens with one attached hydrogen (secondary N) is 1. The van der Waals surface area contributed by atoms with Crippen LogP contribution in [0.25, 0.3) is 33.2 Å². The second-order valence-corrected chi connectivity index (χ2v) is 11.4. The molecule has 3 aromatic heterocycles. The van der Waals surface area contributed by atoms with Gasteiger partial charge in [0.2, 0.25) is 0 Å². The molecule has 44 heavy (non-hydrogen) atoms. The lowest BCUT2D eigenvalue weighted by Gasteiger charge is -2.33. The third kappa shape index (κ3) is 5.40. The van der Waals surface area contributed by atoms with Gasteiger partial charge in [-0.2, -0.15) is 9.78 Å². The van der Waals surface area contributed by atoms with E-state index in [9.17, 15) is 9.59 Å². The van der Waals surface area contributed by atoms with Gasteiger partial charge in [0.05, 0.1) is 29.2 Å². The third-order valence-electron chi connectivity index (χ3n) is 8.24. The SMILES string of the molecule is C=C(C)c1cc(F)c2c(=O)n(-c3cccc(-c4cc(Nc5ccc(N6CCN(C)CC6)cn5)c(=O)n(C)c4)c3C)ncc2c1. The monoisotopic (exact) mass is 591 g/mol. The highest BCUT2D eigenvalue weighted by molar-refractivity contribution is 5.85. The maximum atomic E-state index is 15.1. The van der Waals surface area contributed by atoms with E-state index < -0.39 is 11.4 Å². The molecular weight excluding hydrogens is 557 g/mol. The number of allylic oxidation sites excluding steroid dienone is 1. The van der Waals surface area contributed by atoms with E-state index in [1.165, 1.54) is 21.5 Å². The first-order valence-electron chi connectivity index (χ1n) is 14.5. The first kappa shape index (κ1) is 29.0. The summed E-state index contributed by atoms with van der Waals surface area (Å²) in [6.45, 7) is 11.4. The van der Waals surface area contributed by atoms with Crippen molar-refractivity contribution in [3.05, 3.63) is 111 Å². The summed E-state index contributed by atoms with van der Waals surface area (Å²) in [7, 11) is 3.81. The summed E-state index contributed by atoms with van der Waals surface area (Å²) in [5, 5.41) is 7.96. The second kappa shape index (κ2) is 11.5. The van der Waals surface area contributed by atoms with Crippen molar-refractivity contribution in [3.63, 3.8) is 0 Å². The Hall–Kier alpha value is -5.09. The Balaban J connectivity index is 1.34. The minimum absolute atomic E-state index is 0.0328. The predicted octanol–water partition coefficient (Wildman–Crippen LogP) is 5.12. The fraction of sp³-hybridized carbons (Fsp3) is 0.235. The molecule has 0 saturated carbocycles.